The summed E-state index contributed by atoms with van der Waals surface area (Å²) in [6, 6.07) is 3.76. The molecular formula is C36H48BrN5O8S. The number of allylic oxidation sites excluding steroid dienone is 1. The van der Waals surface area contributed by atoms with Gasteiger partial charge in [0, 0.05) is 36.3 Å². The van der Waals surface area contributed by atoms with E-state index in [0.29, 0.717) is 45.2 Å². The molecule has 1 aromatic rings. The van der Waals surface area contributed by atoms with Crippen LogP contribution < -0.4 is 15.4 Å². The fourth-order valence-electron chi connectivity index (χ4n) is 7.28. The van der Waals surface area contributed by atoms with Crippen LogP contribution >= 0.6 is 15.9 Å². The molecule has 1 saturated heterocycles. The van der Waals surface area contributed by atoms with Gasteiger partial charge in [0.15, 0.2) is 0 Å². The van der Waals surface area contributed by atoms with E-state index in [1.165, 1.54) is 4.90 Å². The van der Waals surface area contributed by atoms with Crippen molar-refractivity contribution in [3.63, 3.8) is 0 Å². The number of ether oxygens (including phenoxy) is 1. The molecule has 3 heterocycles. The lowest BCUT2D eigenvalue weighted by molar-refractivity contribution is -0.142. The molecule has 2 saturated carbocycles. The molecule has 3 fully saturated rings. The smallest absolute Gasteiger partial charge is 0.410 e. The third-order valence-corrected chi connectivity index (χ3v) is 12.6. The quantitative estimate of drug-likeness (QED) is 0.366. The molecule has 6 rings (SSSR count). The number of amides is 5. The lowest BCUT2D eigenvalue weighted by Crippen LogP contribution is -2.58. The molecule has 15 heteroatoms. The summed E-state index contributed by atoms with van der Waals surface area (Å²) in [6.45, 7) is 6.43. The van der Waals surface area contributed by atoms with E-state index in [9.17, 15) is 32.4 Å². The lowest BCUT2D eigenvalue weighted by atomic mass is 9.91. The van der Waals surface area contributed by atoms with Crippen molar-refractivity contribution >= 4 is 55.7 Å². The topological polar surface area (TPSA) is 171 Å². The van der Waals surface area contributed by atoms with E-state index >= 15 is 0 Å². The summed E-state index contributed by atoms with van der Waals surface area (Å²) < 4.78 is 34.6. The van der Waals surface area contributed by atoms with Crippen molar-refractivity contribution in [3.8, 4) is 0 Å². The summed E-state index contributed by atoms with van der Waals surface area (Å²) in [4.78, 5) is 71.6. The minimum atomic E-state index is -3.89. The van der Waals surface area contributed by atoms with Gasteiger partial charge < -0.3 is 20.3 Å². The zero-order valence-corrected chi connectivity index (χ0v) is 31.8. The van der Waals surface area contributed by atoms with Gasteiger partial charge in [0.25, 0.3) is 5.91 Å². The fourth-order valence-corrected chi connectivity index (χ4v) is 9.06. The number of nitrogens with zero attached hydrogens (tertiary/aromatic N) is 2. The first-order valence-electron chi connectivity index (χ1n) is 17.9. The molecule has 278 valence electrons. The van der Waals surface area contributed by atoms with Crippen LogP contribution in [0.4, 0.5) is 4.79 Å². The van der Waals surface area contributed by atoms with E-state index in [1.807, 2.05) is 51.1 Å². The second-order valence-electron chi connectivity index (χ2n) is 15.9. The minimum Gasteiger partial charge on any atom is -0.444 e. The van der Waals surface area contributed by atoms with Gasteiger partial charge in [-0.15, -0.1) is 0 Å². The Morgan fingerprint density at radius 1 is 1.06 bits per heavy atom. The Bertz CT molecular complexity index is 1720. The number of fused-ring (bicyclic) bond motifs is 3. The maximum atomic E-state index is 14.4. The highest BCUT2D eigenvalue weighted by Gasteiger charge is 2.62. The van der Waals surface area contributed by atoms with Crippen molar-refractivity contribution < 1.29 is 37.1 Å². The molecule has 3 N–H and O–H groups in total. The first-order valence-corrected chi connectivity index (χ1v) is 20.3. The third kappa shape index (κ3) is 8.78. The molecular weight excluding hydrogens is 742 g/mol. The molecule has 5 amide bonds. The van der Waals surface area contributed by atoms with E-state index in [4.69, 9.17) is 4.74 Å². The Kier molecular flexibility index (Phi) is 10.6. The number of carbonyl (C=O) groups excluding carboxylic acids is 5. The first kappa shape index (κ1) is 37.3. The number of sulfonamides is 1. The predicted molar refractivity (Wildman–Crippen MR) is 191 cm³/mol. The molecule has 0 spiro atoms. The number of hydrogen-bond donors (Lipinski definition) is 3. The number of halogens is 1. The molecule has 1 aromatic carbocycles. The van der Waals surface area contributed by atoms with E-state index in [-0.39, 0.29) is 37.1 Å². The van der Waals surface area contributed by atoms with Crippen molar-refractivity contribution in [3.05, 3.63) is 46.0 Å². The summed E-state index contributed by atoms with van der Waals surface area (Å²) in [5, 5.41) is 5.13. The summed E-state index contributed by atoms with van der Waals surface area (Å²) >= 11 is 3.47. The number of carbonyl (C=O) groups is 5. The lowest BCUT2D eigenvalue weighted by Gasteiger charge is -2.30. The van der Waals surface area contributed by atoms with E-state index in [0.717, 1.165) is 28.4 Å². The van der Waals surface area contributed by atoms with Crippen LogP contribution in [0.2, 0.25) is 0 Å². The van der Waals surface area contributed by atoms with Crippen LogP contribution in [-0.4, -0.2) is 83.5 Å². The molecule has 0 unspecified atom stereocenters. The summed E-state index contributed by atoms with van der Waals surface area (Å²) in [5.74, 6) is -2.62. The largest absolute Gasteiger partial charge is 0.444 e. The number of hydrogen-bond acceptors (Lipinski definition) is 8. The average Bonchev–Trinajstić information content (AvgIpc) is 3.93. The van der Waals surface area contributed by atoms with Crippen LogP contribution in [0.25, 0.3) is 0 Å². The maximum absolute atomic E-state index is 14.4. The molecule has 51 heavy (non-hydrogen) atoms. The predicted octanol–water partition coefficient (Wildman–Crippen LogP) is 3.80. The second-order valence-corrected chi connectivity index (χ2v) is 18.8. The van der Waals surface area contributed by atoms with Crippen LogP contribution in [0, 0.1) is 11.3 Å². The highest BCUT2D eigenvalue weighted by atomic mass is 79.9. The average molecular weight is 791 g/mol. The van der Waals surface area contributed by atoms with Gasteiger partial charge in [-0.2, -0.15) is 0 Å². The van der Waals surface area contributed by atoms with Gasteiger partial charge >= 0.3 is 6.09 Å². The molecule has 5 aliphatic rings. The summed E-state index contributed by atoms with van der Waals surface area (Å²) in [7, 11) is -3.89. The van der Waals surface area contributed by atoms with Gasteiger partial charge in [0.2, 0.25) is 27.7 Å². The molecule has 0 bridgehead atoms. The van der Waals surface area contributed by atoms with Crippen molar-refractivity contribution in [2.24, 2.45) is 11.3 Å². The molecule has 5 atom stereocenters. The van der Waals surface area contributed by atoms with Gasteiger partial charge in [0.05, 0.1) is 11.8 Å². The van der Waals surface area contributed by atoms with E-state index in [1.54, 1.807) is 4.90 Å². The van der Waals surface area contributed by atoms with Gasteiger partial charge in [-0.25, -0.2) is 13.2 Å². The molecule has 2 aliphatic carbocycles. The highest BCUT2D eigenvalue weighted by molar-refractivity contribution is 9.10. The monoisotopic (exact) mass is 789 g/mol. The van der Waals surface area contributed by atoms with Crippen LogP contribution in [-0.2, 0) is 47.0 Å². The normalized spacial score (nSPS) is 29.0. The van der Waals surface area contributed by atoms with Crippen LogP contribution in [0.3, 0.4) is 0 Å². The number of nitrogens with one attached hydrogen (secondary N) is 3. The van der Waals surface area contributed by atoms with Crippen molar-refractivity contribution in [2.75, 3.05) is 6.54 Å². The standard InChI is InChI=1S/C36H48BrN5O8S/c1-35(2,3)18-30(43)38-28-10-8-6-4-5-7-9-24-17-36(24,33(46)40-51(48,49)27-13-14-27)39-31(44)29-16-26(21-42(29)32(28)45)50-34(47)41-19-22-11-12-25(37)15-23(22)20-41/h7,9,11-12,15,24,26-29H,4-6,8,10,13-14,16-21H2,1-3H3,(H,38,43)(H,39,44)(H,40,46)/b9-7-/t24-,26+,28-,29-,36+/m0/s1. The third-order valence-electron chi connectivity index (χ3n) is 10.3. The van der Waals surface area contributed by atoms with Gasteiger partial charge in [-0.05, 0) is 67.2 Å². The Balaban J connectivity index is 1.25. The van der Waals surface area contributed by atoms with Gasteiger partial charge in [-0.3, -0.25) is 28.8 Å². The second kappa shape index (κ2) is 14.5. The van der Waals surface area contributed by atoms with Crippen LogP contribution in [0.1, 0.15) is 96.1 Å². The molecule has 0 radical (unpaired) electrons. The number of benzene rings is 1. The van der Waals surface area contributed by atoms with E-state index < -0.39 is 68.7 Å². The van der Waals surface area contributed by atoms with Crippen LogP contribution in [0.15, 0.2) is 34.8 Å². The van der Waals surface area contributed by atoms with Crippen molar-refractivity contribution in [1.29, 1.82) is 0 Å². The Morgan fingerprint density at radius 3 is 2.53 bits per heavy atom. The SMILES string of the molecule is CC(C)(C)CC(=O)N[C@H]1CCCCC/C=C\[C@H]2C[C@@]2(C(=O)NS(=O)(=O)C2CC2)NC(=O)[C@@H]2C[C@@H](OC(=O)N3Cc4ccc(Br)cc4C3)CN2C1=O. The van der Waals surface area contributed by atoms with Crippen molar-refractivity contribution in [1.82, 2.24) is 25.2 Å². The van der Waals surface area contributed by atoms with Gasteiger partial charge in [0.1, 0.15) is 23.7 Å². The van der Waals surface area contributed by atoms with Crippen molar-refractivity contribution in [2.45, 2.75) is 127 Å². The molecule has 13 nitrogen and oxygen atoms in total. The van der Waals surface area contributed by atoms with Crippen LogP contribution in [0.5, 0.6) is 0 Å². The maximum Gasteiger partial charge on any atom is 0.410 e. The fraction of sp³-hybridized carbons (Fsp3) is 0.639. The van der Waals surface area contributed by atoms with E-state index in [2.05, 4.69) is 31.3 Å². The Labute approximate surface area is 307 Å². The first-order chi connectivity index (χ1) is 24.0. The minimum absolute atomic E-state index is 0.0309. The molecule has 3 aliphatic heterocycles. The van der Waals surface area contributed by atoms with Gasteiger partial charge in [-0.1, -0.05) is 67.8 Å². The Hall–Kier alpha value is -3.46. The Morgan fingerprint density at radius 2 is 1.80 bits per heavy atom. The highest BCUT2D eigenvalue weighted by Crippen LogP contribution is 2.46. The summed E-state index contributed by atoms with van der Waals surface area (Å²) in [6.07, 6.45) is 7.02. The zero-order valence-electron chi connectivity index (χ0n) is 29.4. The summed E-state index contributed by atoms with van der Waals surface area (Å²) in [5.41, 5.74) is 0.166. The molecule has 0 aromatic heterocycles. The zero-order chi connectivity index (χ0) is 36.7. The number of rotatable bonds is 6.